The lowest BCUT2D eigenvalue weighted by Crippen LogP contribution is -2.35. The molecule has 0 saturated carbocycles. The number of aromatic nitrogens is 4. The van der Waals surface area contributed by atoms with E-state index in [4.69, 9.17) is 11.6 Å². The van der Waals surface area contributed by atoms with Crippen LogP contribution in [-0.2, 0) is 17.8 Å². The molecule has 0 aliphatic carbocycles. The van der Waals surface area contributed by atoms with E-state index < -0.39 is 6.04 Å². The van der Waals surface area contributed by atoms with Gasteiger partial charge in [-0.1, -0.05) is 54.1 Å². The Balaban J connectivity index is 1.79. The molecule has 2 aromatic carbocycles. The number of carbonyl (C=O) groups excluding carboxylic acids is 1. The van der Waals surface area contributed by atoms with Gasteiger partial charge in [-0.2, -0.15) is 0 Å². The normalized spacial score (nSPS) is 11.9. The summed E-state index contributed by atoms with van der Waals surface area (Å²) in [5.41, 5.74) is 2.02. The van der Waals surface area contributed by atoms with Crippen LogP contribution in [0.3, 0.4) is 0 Å². The Hall–Kier alpha value is -2.73. The predicted molar refractivity (Wildman–Crippen MR) is 94.9 cm³/mol. The van der Waals surface area contributed by atoms with Gasteiger partial charge in [0.15, 0.2) is 0 Å². The zero-order valence-electron chi connectivity index (χ0n) is 13.8. The topological polar surface area (TPSA) is 63.9 Å². The molecule has 6 nitrogen and oxygen atoms in total. The number of hydrogen-bond acceptors (Lipinski definition) is 4. The molecule has 0 aliphatic rings. The molecule has 128 valence electrons. The summed E-state index contributed by atoms with van der Waals surface area (Å²) in [7, 11) is 1.77. The van der Waals surface area contributed by atoms with E-state index in [1.54, 1.807) is 11.9 Å². The smallest absolute Gasteiger partial charge is 0.247 e. The summed E-state index contributed by atoms with van der Waals surface area (Å²) in [4.78, 5) is 14.7. The first-order chi connectivity index (χ1) is 12.1. The van der Waals surface area contributed by atoms with Gasteiger partial charge in [-0.25, -0.2) is 4.68 Å². The number of amides is 1. The molecule has 1 atom stereocenters. The first-order valence-corrected chi connectivity index (χ1v) is 8.27. The van der Waals surface area contributed by atoms with Crippen molar-refractivity contribution in [3.63, 3.8) is 0 Å². The third-order valence-electron chi connectivity index (χ3n) is 3.93. The maximum atomic E-state index is 13.0. The van der Waals surface area contributed by atoms with Gasteiger partial charge in [0.25, 0.3) is 0 Å². The molecule has 0 radical (unpaired) electrons. The highest BCUT2D eigenvalue weighted by Gasteiger charge is 2.25. The lowest BCUT2D eigenvalue weighted by Gasteiger charge is -2.23. The van der Waals surface area contributed by atoms with Crippen LogP contribution in [0, 0.1) is 0 Å². The van der Waals surface area contributed by atoms with Gasteiger partial charge < -0.3 is 4.90 Å². The summed E-state index contributed by atoms with van der Waals surface area (Å²) in [6.45, 7) is 0.465. The Labute approximate surface area is 151 Å². The average molecular weight is 356 g/mol. The monoisotopic (exact) mass is 355 g/mol. The molecule has 7 heteroatoms. The molecule has 0 saturated heterocycles. The van der Waals surface area contributed by atoms with Gasteiger partial charge >= 0.3 is 0 Å². The number of carbonyl (C=O) groups is 1. The highest BCUT2D eigenvalue weighted by Crippen LogP contribution is 2.18. The van der Waals surface area contributed by atoms with Crippen LogP contribution in [0.5, 0.6) is 0 Å². The van der Waals surface area contributed by atoms with Crippen molar-refractivity contribution in [1.82, 2.24) is 25.1 Å². The molecule has 0 bridgehead atoms. The fraction of sp³-hybridized carbons (Fsp3) is 0.222. The molecule has 1 heterocycles. The largest absolute Gasteiger partial charge is 0.340 e. The van der Waals surface area contributed by atoms with Crippen molar-refractivity contribution >= 4 is 17.5 Å². The molecule has 1 aromatic heterocycles. The van der Waals surface area contributed by atoms with Crippen LogP contribution in [-0.4, -0.2) is 38.1 Å². The zero-order chi connectivity index (χ0) is 17.6. The minimum atomic E-state index is -0.499. The maximum absolute atomic E-state index is 13.0. The van der Waals surface area contributed by atoms with E-state index in [1.165, 1.54) is 11.0 Å². The third kappa shape index (κ3) is 4.42. The highest BCUT2D eigenvalue weighted by atomic mass is 35.5. The number of halogens is 1. The summed E-state index contributed by atoms with van der Waals surface area (Å²) in [6, 6.07) is 16.8. The first-order valence-electron chi connectivity index (χ1n) is 7.89. The summed E-state index contributed by atoms with van der Waals surface area (Å²) < 4.78 is 1.50. The second-order valence-corrected chi connectivity index (χ2v) is 6.26. The zero-order valence-corrected chi connectivity index (χ0v) is 14.5. The fourth-order valence-corrected chi connectivity index (χ4v) is 2.90. The Kier molecular flexibility index (Phi) is 5.40. The first kappa shape index (κ1) is 17.1. The Morgan fingerprint density at radius 3 is 2.60 bits per heavy atom. The summed E-state index contributed by atoms with van der Waals surface area (Å²) >= 11 is 6.02. The minimum Gasteiger partial charge on any atom is -0.340 e. The van der Waals surface area contributed by atoms with Crippen molar-refractivity contribution in [2.75, 3.05) is 7.05 Å². The van der Waals surface area contributed by atoms with Gasteiger partial charge in [-0.05, 0) is 33.7 Å². The van der Waals surface area contributed by atoms with Crippen LogP contribution in [0.25, 0.3) is 0 Å². The van der Waals surface area contributed by atoms with E-state index in [0.717, 1.165) is 11.1 Å². The molecular weight excluding hydrogens is 338 g/mol. The summed E-state index contributed by atoms with van der Waals surface area (Å²) in [5.74, 6) is -0.0591. The third-order valence-corrected chi connectivity index (χ3v) is 4.16. The van der Waals surface area contributed by atoms with Crippen molar-refractivity contribution < 1.29 is 4.79 Å². The number of hydrogen-bond donors (Lipinski definition) is 0. The van der Waals surface area contributed by atoms with Gasteiger partial charge in [0.05, 0.1) is 0 Å². The molecule has 0 aliphatic heterocycles. The molecule has 0 unspecified atom stereocenters. The van der Waals surface area contributed by atoms with Crippen molar-refractivity contribution in [2.45, 2.75) is 19.0 Å². The van der Waals surface area contributed by atoms with Crippen molar-refractivity contribution in [2.24, 2.45) is 0 Å². The molecule has 1 amide bonds. The second kappa shape index (κ2) is 7.90. The number of likely N-dealkylation sites (N-methyl/N-ethyl adjacent to an activating group) is 1. The summed E-state index contributed by atoms with van der Waals surface area (Å²) in [5, 5.41) is 11.9. The Bertz CT molecular complexity index is 823. The second-order valence-electron chi connectivity index (χ2n) is 5.82. The number of rotatable bonds is 6. The number of benzene rings is 2. The lowest BCUT2D eigenvalue weighted by molar-refractivity contribution is -0.134. The van der Waals surface area contributed by atoms with Crippen LogP contribution in [0.4, 0.5) is 0 Å². The SMILES string of the molecule is CN(Cc1cccc(Cl)c1)C(=O)[C@@H](Cc1ccccc1)n1cnnn1. The van der Waals surface area contributed by atoms with Gasteiger partial charge in [0.2, 0.25) is 5.91 Å². The number of nitrogens with zero attached hydrogens (tertiary/aromatic N) is 5. The highest BCUT2D eigenvalue weighted by molar-refractivity contribution is 6.30. The van der Waals surface area contributed by atoms with E-state index >= 15 is 0 Å². The molecule has 3 rings (SSSR count). The van der Waals surface area contributed by atoms with E-state index in [-0.39, 0.29) is 5.91 Å². The minimum absolute atomic E-state index is 0.0591. The van der Waals surface area contributed by atoms with Crippen LogP contribution in [0.2, 0.25) is 5.02 Å². The van der Waals surface area contributed by atoms with Crippen molar-refractivity contribution in [3.05, 3.63) is 77.1 Å². The predicted octanol–water partition coefficient (Wildman–Crippen LogP) is 2.77. The molecule has 0 fully saturated rings. The van der Waals surface area contributed by atoms with Gasteiger partial charge in [-0.15, -0.1) is 5.10 Å². The number of tetrazole rings is 1. The Morgan fingerprint density at radius 1 is 1.16 bits per heavy atom. The Morgan fingerprint density at radius 2 is 1.92 bits per heavy atom. The van der Waals surface area contributed by atoms with Crippen LogP contribution >= 0.6 is 11.6 Å². The lowest BCUT2D eigenvalue weighted by atomic mass is 10.0. The standard InChI is InChI=1S/C18H18ClN5O/c1-23(12-15-8-5-9-16(19)10-15)18(25)17(24-13-20-21-22-24)11-14-6-3-2-4-7-14/h2-10,13,17H,11-12H2,1H3/t17-/m1/s1. The van der Waals surface area contributed by atoms with Crippen molar-refractivity contribution in [3.8, 4) is 0 Å². The van der Waals surface area contributed by atoms with Crippen LogP contribution < -0.4 is 0 Å². The molecule has 25 heavy (non-hydrogen) atoms. The summed E-state index contributed by atoms with van der Waals surface area (Å²) in [6.07, 6.45) is 1.99. The van der Waals surface area contributed by atoms with Gasteiger partial charge in [-0.3, -0.25) is 4.79 Å². The quantitative estimate of drug-likeness (QED) is 0.682. The molecule has 0 N–H and O–H groups in total. The van der Waals surface area contributed by atoms with E-state index in [0.29, 0.717) is 18.0 Å². The van der Waals surface area contributed by atoms with Gasteiger partial charge in [0.1, 0.15) is 12.4 Å². The van der Waals surface area contributed by atoms with E-state index in [2.05, 4.69) is 15.5 Å². The van der Waals surface area contributed by atoms with Crippen LogP contribution in [0.15, 0.2) is 60.9 Å². The van der Waals surface area contributed by atoms with Crippen LogP contribution in [0.1, 0.15) is 17.2 Å². The average Bonchev–Trinajstić information content (AvgIpc) is 3.14. The molecule has 3 aromatic rings. The van der Waals surface area contributed by atoms with Gasteiger partial charge in [0, 0.05) is 25.0 Å². The fourth-order valence-electron chi connectivity index (χ4n) is 2.68. The van der Waals surface area contributed by atoms with E-state index in [1.807, 2.05) is 54.6 Å². The maximum Gasteiger partial charge on any atom is 0.247 e. The molecule has 0 spiro atoms. The van der Waals surface area contributed by atoms with Crippen molar-refractivity contribution in [1.29, 1.82) is 0 Å². The molecular formula is C18H18ClN5O. The van der Waals surface area contributed by atoms with E-state index in [9.17, 15) is 4.79 Å².